The van der Waals surface area contributed by atoms with E-state index in [-0.39, 0.29) is 11.8 Å². The number of ether oxygens (including phenoxy) is 1. The molecule has 0 radical (unpaired) electrons. The lowest BCUT2D eigenvalue weighted by atomic mass is 10.0. The van der Waals surface area contributed by atoms with Gasteiger partial charge in [0.1, 0.15) is 11.5 Å². The van der Waals surface area contributed by atoms with E-state index in [1.54, 1.807) is 24.5 Å². The summed E-state index contributed by atoms with van der Waals surface area (Å²) in [4.78, 5) is 6.01. The number of methoxy groups -OCH3 is 1. The third-order valence-electron chi connectivity index (χ3n) is 5.35. The second kappa shape index (κ2) is 8.17. The lowest BCUT2D eigenvalue weighted by Gasteiger charge is -2.21. The molecule has 5 nitrogen and oxygen atoms in total. The van der Waals surface area contributed by atoms with Crippen molar-refractivity contribution in [3.63, 3.8) is 0 Å². The van der Waals surface area contributed by atoms with Crippen LogP contribution in [0.4, 0.5) is 5.13 Å². The molecule has 0 amide bonds. The Labute approximate surface area is 188 Å². The van der Waals surface area contributed by atoms with Gasteiger partial charge >= 0.3 is 0 Å². The smallest absolute Gasteiger partial charge is 0.207 e. The number of aromatic nitrogens is 1. The topological polar surface area (TPSA) is 58.0 Å². The monoisotopic (exact) mass is 447 g/mol. The summed E-state index contributed by atoms with van der Waals surface area (Å²) < 4.78 is 5.19. The normalized spacial score (nSPS) is 15.9. The number of thiophene rings is 1. The van der Waals surface area contributed by atoms with Crippen LogP contribution in [0.2, 0.25) is 0 Å². The molecule has 1 atom stereocenters. The molecule has 1 N–H and O–H groups in total. The minimum atomic E-state index is 0.0844. The summed E-state index contributed by atoms with van der Waals surface area (Å²) in [6.07, 6.45) is 0.826. The zero-order valence-corrected chi connectivity index (χ0v) is 18.8. The van der Waals surface area contributed by atoms with Gasteiger partial charge in [0.2, 0.25) is 5.13 Å². The van der Waals surface area contributed by atoms with Crippen LogP contribution < -0.4 is 9.75 Å². The first-order valence-electron chi connectivity index (χ1n) is 9.92. The fourth-order valence-electron chi connectivity index (χ4n) is 3.67. The molecule has 0 fully saturated rings. The molecule has 156 valence electrons. The van der Waals surface area contributed by atoms with Gasteiger partial charge in [0.25, 0.3) is 0 Å². The number of aryl methyl sites for hydroxylation is 1. The Hall–Kier alpha value is -3.16. The summed E-state index contributed by atoms with van der Waals surface area (Å²) in [5.41, 5.74) is 4.92. The van der Waals surface area contributed by atoms with E-state index in [2.05, 4.69) is 48.7 Å². The predicted molar refractivity (Wildman–Crippen MR) is 128 cm³/mol. The number of thiazole rings is 1. The molecule has 1 aliphatic heterocycles. The zero-order valence-electron chi connectivity index (χ0n) is 17.1. The van der Waals surface area contributed by atoms with Gasteiger partial charge in [0, 0.05) is 23.4 Å². The molecule has 0 aliphatic carbocycles. The van der Waals surface area contributed by atoms with E-state index < -0.39 is 0 Å². The van der Waals surface area contributed by atoms with Crippen molar-refractivity contribution in [3.05, 3.63) is 81.4 Å². The molecular formula is C24H21N3O2S2. The third kappa shape index (κ3) is 3.82. The highest BCUT2D eigenvalue weighted by Crippen LogP contribution is 2.41. The summed E-state index contributed by atoms with van der Waals surface area (Å²) in [6.45, 7) is 2.10. The SMILES string of the molecule is COc1ccc(-c2csc(N3N=C(c4cccs4)C[C@H]3c3ccc(C)cc3)n2)c(O)c1. The Morgan fingerprint density at radius 1 is 1.10 bits per heavy atom. The summed E-state index contributed by atoms with van der Waals surface area (Å²) in [5, 5.41) is 22.3. The number of anilines is 1. The highest BCUT2D eigenvalue weighted by molar-refractivity contribution is 7.14. The van der Waals surface area contributed by atoms with Crippen LogP contribution in [0.15, 0.2) is 70.5 Å². The average Bonchev–Trinajstić information content (AvgIpc) is 3.53. The minimum Gasteiger partial charge on any atom is -0.507 e. The van der Waals surface area contributed by atoms with Gasteiger partial charge in [-0.1, -0.05) is 35.9 Å². The van der Waals surface area contributed by atoms with Gasteiger partial charge in [-0.25, -0.2) is 9.99 Å². The largest absolute Gasteiger partial charge is 0.507 e. The first-order valence-corrected chi connectivity index (χ1v) is 11.7. The molecule has 0 bridgehead atoms. The summed E-state index contributed by atoms with van der Waals surface area (Å²) >= 11 is 3.24. The lowest BCUT2D eigenvalue weighted by molar-refractivity contribution is 0.408. The quantitative estimate of drug-likeness (QED) is 0.393. The van der Waals surface area contributed by atoms with Crippen LogP contribution in [0.3, 0.4) is 0 Å². The maximum absolute atomic E-state index is 10.4. The highest BCUT2D eigenvalue weighted by Gasteiger charge is 2.32. The van der Waals surface area contributed by atoms with E-state index in [4.69, 9.17) is 14.8 Å². The second-order valence-corrected chi connectivity index (χ2v) is 9.18. The van der Waals surface area contributed by atoms with Crippen molar-refractivity contribution in [2.45, 2.75) is 19.4 Å². The maximum atomic E-state index is 10.4. The van der Waals surface area contributed by atoms with Crippen molar-refractivity contribution in [1.82, 2.24) is 4.98 Å². The lowest BCUT2D eigenvalue weighted by Crippen LogP contribution is -2.18. The number of benzene rings is 2. The van der Waals surface area contributed by atoms with Crippen molar-refractivity contribution in [1.29, 1.82) is 0 Å². The van der Waals surface area contributed by atoms with Gasteiger partial charge < -0.3 is 9.84 Å². The van der Waals surface area contributed by atoms with E-state index in [1.165, 1.54) is 27.3 Å². The number of hydrogen-bond donors (Lipinski definition) is 1. The molecule has 1 aliphatic rings. The molecule has 0 spiro atoms. The molecule has 5 rings (SSSR count). The van der Waals surface area contributed by atoms with Gasteiger partial charge in [-0.2, -0.15) is 5.10 Å². The zero-order chi connectivity index (χ0) is 21.4. The van der Waals surface area contributed by atoms with E-state index in [9.17, 15) is 5.11 Å². The molecule has 31 heavy (non-hydrogen) atoms. The van der Waals surface area contributed by atoms with Crippen LogP contribution in [0.5, 0.6) is 11.5 Å². The number of rotatable bonds is 5. The molecule has 0 unspecified atom stereocenters. The number of phenolic OH excluding ortho intramolecular Hbond substituents is 1. The Morgan fingerprint density at radius 3 is 2.65 bits per heavy atom. The van der Waals surface area contributed by atoms with E-state index in [0.717, 1.165) is 23.0 Å². The molecule has 0 saturated carbocycles. The first kappa shape index (κ1) is 19.8. The molecule has 0 saturated heterocycles. The number of hydrazone groups is 1. The average molecular weight is 448 g/mol. The van der Waals surface area contributed by atoms with Crippen molar-refractivity contribution in [2.24, 2.45) is 5.10 Å². The van der Waals surface area contributed by atoms with Gasteiger partial charge in [-0.3, -0.25) is 0 Å². The standard InChI is InChI=1S/C24H21N3O2S2/c1-15-5-7-16(8-6-15)21-13-19(23-4-3-11-30-23)26-27(21)24-25-20(14-31-24)18-10-9-17(29-2)12-22(18)28/h3-12,14,21,28H,13H2,1-2H3/t21-/m0/s1. The number of aromatic hydroxyl groups is 1. The van der Waals surface area contributed by atoms with Gasteiger partial charge in [-0.15, -0.1) is 22.7 Å². The van der Waals surface area contributed by atoms with E-state index >= 15 is 0 Å². The van der Waals surface area contributed by atoms with Gasteiger partial charge in [0.05, 0.1) is 29.4 Å². The van der Waals surface area contributed by atoms with Crippen LogP contribution in [0, 0.1) is 6.92 Å². The molecule has 3 heterocycles. The molecule has 2 aromatic heterocycles. The number of hydrogen-bond acceptors (Lipinski definition) is 7. The van der Waals surface area contributed by atoms with Crippen molar-refractivity contribution < 1.29 is 9.84 Å². The summed E-state index contributed by atoms with van der Waals surface area (Å²) in [6, 6.07) is 18.1. The number of phenols is 1. The van der Waals surface area contributed by atoms with Crippen LogP contribution in [-0.2, 0) is 0 Å². The number of nitrogens with zero attached hydrogens (tertiary/aromatic N) is 3. The Morgan fingerprint density at radius 2 is 1.94 bits per heavy atom. The van der Waals surface area contributed by atoms with Crippen LogP contribution in [-0.4, -0.2) is 22.9 Å². The Balaban J connectivity index is 1.52. The fraction of sp³-hybridized carbons (Fsp3) is 0.167. The van der Waals surface area contributed by atoms with E-state index in [0.29, 0.717) is 11.3 Å². The van der Waals surface area contributed by atoms with Gasteiger partial charge in [-0.05, 0) is 36.1 Å². The molecular weight excluding hydrogens is 426 g/mol. The highest BCUT2D eigenvalue weighted by atomic mass is 32.1. The second-order valence-electron chi connectivity index (χ2n) is 7.40. The molecule has 4 aromatic rings. The van der Waals surface area contributed by atoms with Crippen LogP contribution >= 0.6 is 22.7 Å². The Kier molecular flexibility index (Phi) is 5.21. The minimum absolute atomic E-state index is 0.0844. The van der Waals surface area contributed by atoms with Crippen molar-refractivity contribution in [2.75, 3.05) is 12.1 Å². The van der Waals surface area contributed by atoms with Crippen LogP contribution in [0.25, 0.3) is 11.3 Å². The van der Waals surface area contributed by atoms with E-state index in [1.807, 2.05) is 22.5 Å². The van der Waals surface area contributed by atoms with Crippen molar-refractivity contribution in [3.8, 4) is 22.8 Å². The molecule has 7 heteroatoms. The fourth-order valence-corrected chi connectivity index (χ4v) is 5.22. The predicted octanol–water partition coefficient (Wildman–Crippen LogP) is 6.25. The Bertz CT molecular complexity index is 1230. The molecule has 2 aromatic carbocycles. The first-order chi connectivity index (χ1) is 15.1. The summed E-state index contributed by atoms with van der Waals surface area (Å²) in [5.74, 6) is 0.761. The van der Waals surface area contributed by atoms with Crippen LogP contribution in [0.1, 0.15) is 28.5 Å². The maximum Gasteiger partial charge on any atom is 0.207 e. The third-order valence-corrected chi connectivity index (χ3v) is 7.10. The van der Waals surface area contributed by atoms with Crippen molar-refractivity contribution >= 4 is 33.5 Å². The van der Waals surface area contributed by atoms with Gasteiger partial charge in [0.15, 0.2) is 0 Å². The summed E-state index contributed by atoms with van der Waals surface area (Å²) in [7, 11) is 1.58.